The van der Waals surface area contributed by atoms with Gasteiger partial charge < -0.3 is 0 Å². The van der Waals surface area contributed by atoms with Gasteiger partial charge in [-0.3, -0.25) is 14.9 Å². The molecule has 1 spiro atoms. The quantitative estimate of drug-likeness (QED) is 0.568. The van der Waals surface area contributed by atoms with Crippen LogP contribution in [-0.4, -0.2) is 11.8 Å². The van der Waals surface area contributed by atoms with Crippen LogP contribution in [0.1, 0.15) is 33.1 Å². The van der Waals surface area contributed by atoms with E-state index in [4.69, 9.17) is 0 Å². The highest BCUT2D eigenvalue weighted by Gasteiger charge is 2.54. The number of hydrogen-bond donors (Lipinski definition) is 1. The number of carbonyl (C=O) groups is 2. The van der Waals surface area contributed by atoms with Crippen molar-refractivity contribution in [3.05, 3.63) is 0 Å². The fourth-order valence-electron chi connectivity index (χ4n) is 2.71. The molecule has 13 heavy (non-hydrogen) atoms. The van der Waals surface area contributed by atoms with Crippen LogP contribution in [0.15, 0.2) is 0 Å². The van der Waals surface area contributed by atoms with Crippen LogP contribution in [-0.2, 0) is 9.59 Å². The Morgan fingerprint density at radius 2 is 2.08 bits per heavy atom. The summed E-state index contributed by atoms with van der Waals surface area (Å²) in [7, 11) is 0. The van der Waals surface area contributed by atoms with Gasteiger partial charge in [0.05, 0.1) is 0 Å². The van der Waals surface area contributed by atoms with E-state index in [9.17, 15) is 9.59 Å². The van der Waals surface area contributed by atoms with Crippen LogP contribution >= 0.6 is 0 Å². The maximum atomic E-state index is 11.4. The van der Waals surface area contributed by atoms with Gasteiger partial charge in [-0.2, -0.15) is 0 Å². The predicted octanol–water partition coefficient (Wildman–Crippen LogP) is 1.09. The minimum absolute atomic E-state index is 0.000579. The van der Waals surface area contributed by atoms with Crippen LogP contribution in [0.25, 0.3) is 0 Å². The van der Waals surface area contributed by atoms with Gasteiger partial charge in [-0.05, 0) is 24.2 Å². The highest BCUT2D eigenvalue weighted by Crippen LogP contribution is 2.55. The van der Waals surface area contributed by atoms with E-state index in [-0.39, 0.29) is 23.1 Å². The Morgan fingerprint density at radius 1 is 1.38 bits per heavy atom. The van der Waals surface area contributed by atoms with Crippen molar-refractivity contribution in [2.45, 2.75) is 33.1 Å². The maximum absolute atomic E-state index is 11.4. The lowest BCUT2D eigenvalue weighted by Gasteiger charge is -2.53. The number of nitrogens with one attached hydrogen (secondary N) is 1. The summed E-state index contributed by atoms with van der Waals surface area (Å²) in [6, 6.07) is 0. The Bertz CT molecular complexity index is 274. The largest absolute Gasteiger partial charge is 0.296 e. The van der Waals surface area contributed by atoms with Crippen molar-refractivity contribution in [1.82, 2.24) is 5.32 Å². The lowest BCUT2D eigenvalue weighted by Crippen LogP contribution is -2.57. The van der Waals surface area contributed by atoms with Gasteiger partial charge >= 0.3 is 0 Å². The molecule has 1 N–H and O–H groups in total. The molecule has 2 amide bonds. The predicted molar refractivity (Wildman–Crippen MR) is 47.8 cm³/mol. The molecule has 0 aromatic carbocycles. The van der Waals surface area contributed by atoms with Gasteiger partial charge in [0.2, 0.25) is 11.8 Å². The monoisotopic (exact) mass is 181 g/mol. The molecular weight excluding hydrogens is 166 g/mol. The highest BCUT2D eigenvalue weighted by atomic mass is 16.2. The van der Waals surface area contributed by atoms with E-state index in [0.29, 0.717) is 12.3 Å². The second-order valence-corrected chi connectivity index (χ2v) is 4.48. The van der Waals surface area contributed by atoms with Crippen molar-refractivity contribution in [3.63, 3.8) is 0 Å². The zero-order valence-corrected chi connectivity index (χ0v) is 8.09. The van der Waals surface area contributed by atoms with E-state index in [1.165, 1.54) is 0 Å². The van der Waals surface area contributed by atoms with Gasteiger partial charge in [-0.1, -0.05) is 13.8 Å². The normalized spacial score (nSPS) is 44.5. The molecule has 3 nitrogen and oxygen atoms in total. The van der Waals surface area contributed by atoms with Crippen molar-refractivity contribution < 1.29 is 9.59 Å². The summed E-state index contributed by atoms with van der Waals surface area (Å²) in [5.74, 6) is 0.365. The summed E-state index contributed by atoms with van der Waals surface area (Å²) in [6.07, 6.45) is 2.74. The van der Waals surface area contributed by atoms with Crippen LogP contribution in [0.4, 0.5) is 0 Å². The Balaban J connectivity index is 2.26. The number of rotatable bonds is 0. The van der Waals surface area contributed by atoms with Gasteiger partial charge in [-0.25, -0.2) is 0 Å². The minimum Gasteiger partial charge on any atom is -0.296 e. The third-order valence-corrected chi connectivity index (χ3v) is 4.03. The average molecular weight is 181 g/mol. The molecule has 2 rings (SSSR count). The van der Waals surface area contributed by atoms with Crippen molar-refractivity contribution in [1.29, 1.82) is 0 Å². The molecule has 1 aliphatic carbocycles. The van der Waals surface area contributed by atoms with Gasteiger partial charge in [0.15, 0.2) is 0 Å². The molecule has 2 aliphatic rings. The average Bonchev–Trinajstić information content (AvgIpc) is 2.08. The lowest BCUT2D eigenvalue weighted by molar-refractivity contribution is -0.152. The Kier molecular flexibility index (Phi) is 1.72. The van der Waals surface area contributed by atoms with E-state index in [1.807, 2.05) is 6.92 Å². The van der Waals surface area contributed by atoms with Crippen molar-refractivity contribution in [2.75, 3.05) is 0 Å². The molecule has 1 saturated carbocycles. The second kappa shape index (κ2) is 2.56. The van der Waals surface area contributed by atoms with E-state index < -0.39 is 0 Å². The summed E-state index contributed by atoms with van der Waals surface area (Å²) in [6.45, 7) is 4.09. The van der Waals surface area contributed by atoms with Gasteiger partial charge in [0.25, 0.3) is 0 Å². The summed E-state index contributed by atoms with van der Waals surface area (Å²) < 4.78 is 0. The van der Waals surface area contributed by atoms with Crippen LogP contribution < -0.4 is 5.32 Å². The zero-order chi connectivity index (χ0) is 9.64. The maximum Gasteiger partial charge on any atom is 0.229 e. The Hall–Kier alpha value is -0.860. The first kappa shape index (κ1) is 8.73. The molecular formula is C10H15NO2. The summed E-state index contributed by atoms with van der Waals surface area (Å²) >= 11 is 0. The number of imide groups is 1. The smallest absolute Gasteiger partial charge is 0.229 e. The molecule has 0 aromatic rings. The van der Waals surface area contributed by atoms with Gasteiger partial charge in [-0.15, -0.1) is 0 Å². The van der Waals surface area contributed by atoms with E-state index in [2.05, 4.69) is 12.2 Å². The number of carbonyl (C=O) groups excluding carboxylic acids is 2. The van der Waals surface area contributed by atoms with Gasteiger partial charge in [0, 0.05) is 12.3 Å². The van der Waals surface area contributed by atoms with Crippen LogP contribution in [0.5, 0.6) is 0 Å². The van der Waals surface area contributed by atoms with E-state index >= 15 is 0 Å². The first-order chi connectivity index (χ1) is 6.06. The molecule has 72 valence electrons. The Morgan fingerprint density at radius 3 is 2.54 bits per heavy atom. The second-order valence-electron chi connectivity index (χ2n) is 4.48. The zero-order valence-electron chi connectivity index (χ0n) is 8.09. The molecule has 3 heteroatoms. The first-order valence-corrected chi connectivity index (χ1v) is 4.90. The molecule has 0 bridgehead atoms. The van der Waals surface area contributed by atoms with E-state index in [1.54, 1.807) is 0 Å². The number of amides is 2. The summed E-state index contributed by atoms with van der Waals surface area (Å²) in [5, 5.41) is 2.40. The summed E-state index contributed by atoms with van der Waals surface area (Å²) in [4.78, 5) is 22.7. The summed E-state index contributed by atoms with van der Waals surface area (Å²) in [5.41, 5.74) is -0.000579. The molecule has 2 fully saturated rings. The van der Waals surface area contributed by atoms with Gasteiger partial charge in [0.1, 0.15) is 0 Å². The molecule has 1 saturated heterocycles. The third kappa shape index (κ3) is 1.02. The van der Waals surface area contributed by atoms with Crippen molar-refractivity contribution in [2.24, 2.45) is 17.3 Å². The fourth-order valence-corrected chi connectivity index (χ4v) is 2.71. The molecule has 1 heterocycles. The third-order valence-electron chi connectivity index (χ3n) is 4.03. The molecule has 0 aromatic heterocycles. The van der Waals surface area contributed by atoms with Crippen LogP contribution in [0, 0.1) is 17.3 Å². The molecule has 1 aliphatic heterocycles. The van der Waals surface area contributed by atoms with Crippen LogP contribution in [0.2, 0.25) is 0 Å². The molecule has 3 unspecified atom stereocenters. The molecule has 0 radical (unpaired) electrons. The Labute approximate surface area is 77.9 Å². The lowest BCUT2D eigenvalue weighted by atomic mass is 9.52. The topological polar surface area (TPSA) is 46.2 Å². The van der Waals surface area contributed by atoms with Crippen molar-refractivity contribution >= 4 is 11.8 Å². The van der Waals surface area contributed by atoms with Crippen molar-refractivity contribution in [3.8, 4) is 0 Å². The number of hydrogen-bond acceptors (Lipinski definition) is 2. The number of piperidine rings is 1. The van der Waals surface area contributed by atoms with E-state index in [0.717, 1.165) is 12.8 Å². The fraction of sp³-hybridized carbons (Fsp3) is 0.800. The minimum atomic E-state index is -0.0883. The first-order valence-electron chi connectivity index (χ1n) is 4.90. The highest BCUT2D eigenvalue weighted by molar-refractivity contribution is 5.99. The standard InChI is InChI=1S/C10H15NO2/c1-6-3-4-10(6)5-8(12)11-9(13)7(10)2/h6-7H,3-5H2,1-2H3,(H,11,12,13). The van der Waals surface area contributed by atoms with Crippen LogP contribution in [0.3, 0.4) is 0 Å². The SMILES string of the molecule is CC1CCC12CC(=O)NC(=O)C2C. The molecule has 3 atom stereocenters.